The van der Waals surface area contributed by atoms with E-state index in [2.05, 4.69) is 5.32 Å². The lowest BCUT2D eigenvalue weighted by Gasteiger charge is -2.24. The molecule has 0 spiro atoms. The number of fused-ring (bicyclic) bond motifs is 2. The fourth-order valence-corrected chi connectivity index (χ4v) is 3.43. The molecule has 2 saturated heterocycles. The summed E-state index contributed by atoms with van der Waals surface area (Å²) in [7, 11) is 0. The molecule has 0 saturated carbocycles. The highest BCUT2D eigenvalue weighted by molar-refractivity contribution is 6.42. The first-order valence-electron chi connectivity index (χ1n) is 7.09. The molecule has 5 heteroatoms. The third kappa shape index (κ3) is 3.11. The van der Waals surface area contributed by atoms with Crippen molar-refractivity contribution in [3.05, 3.63) is 33.8 Å². The van der Waals surface area contributed by atoms with Crippen LogP contribution in [0.1, 0.15) is 24.8 Å². The molecule has 2 heterocycles. The number of carbonyl (C=O) groups is 1. The summed E-state index contributed by atoms with van der Waals surface area (Å²) in [4.78, 5) is 14.4. The molecule has 3 rings (SSSR count). The Labute approximate surface area is 129 Å². The maximum Gasteiger partial charge on any atom is 0.227 e. The van der Waals surface area contributed by atoms with Gasteiger partial charge in [0, 0.05) is 25.2 Å². The molecule has 2 aliphatic rings. The van der Waals surface area contributed by atoms with E-state index < -0.39 is 0 Å². The van der Waals surface area contributed by atoms with Crippen molar-refractivity contribution >= 4 is 29.1 Å². The van der Waals surface area contributed by atoms with Crippen LogP contribution in [-0.4, -0.2) is 36.0 Å². The van der Waals surface area contributed by atoms with E-state index in [4.69, 9.17) is 23.2 Å². The van der Waals surface area contributed by atoms with Crippen LogP contribution in [0.15, 0.2) is 18.2 Å². The van der Waals surface area contributed by atoms with Gasteiger partial charge in [-0.05, 0) is 37.0 Å². The number of rotatable bonds is 2. The molecule has 1 amide bonds. The van der Waals surface area contributed by atoms with Gasteiger partial charge >= 0.3 is 0 Å². The van der Waals surface area contributed by atoms with Crippen LogP contribution >= 0.6 is 23.2 Å². The number of amides is 1. The average Bonchev–Trinajstić information content (AvgIpc) is 2.73. The van der Waals surface area contributed by atoms with Gasteiger partial charge < -0.3 is 10.2 Å². The summed E-state index contributed by atoms with van der Waals surface area (Å²) in [5.41, 5.74) is 0.923. The third-order valence-electron chi connectivity index (χ3n) is 4.22. The van der Waals surface area contributed by atoms with E-state index in [0.29, 0.717) is 28.5 Å². The number of benzene rings is 1. The summed E-state index contributed by atoms with van der Waals surface area (Å²) in [6.07, 6.45) is 3.89. The highest BCUT2D eigenvalue weighted by Gasteiger charge is 2.30. The van der Waals surface area contributed by atoms with Crippen LogP contribution in [0.25, 0.3) is 0 Å². The summed E-state index contributed by atoms with van der Waals surface area (Å²) >= 11 is 11.9. The van der Waals surface area contributed by atoms with Crippen LogP contribution < -0.4 is 5.32 Å². The zero-order chi connectivity index (χ0) is 14.1. The monoisotopic (exact) mass is 312 g/mol. The third-order valence-corrected chi connectivity index (χ3v) is 4.95. The van der Waals surface area contributed by atoms with Crippen molar-refractivity contribution in [1.29, 1.82) is 0 Å². The molecule has 2 fully saturated rings. The molecule has 0 aromatic heterocycles. The van der Waals surface area contributed by atoms with Crippen molar-refractivity contribution in [3.63, 3.8) is 0 Å². The first-order valence-corrected chi connectivity index (χ1v) is 7.85. The predicted molar refractivity (Wildman–Crippen MR) is 81.3 cm³/mol. The lowest BCUT2D eigenvalue weighted by atomic mass is 10.1. The summed E-state index contributed by atoms with van der Waals surface area (Å²) in [5.74, 6) is 0.178. The maximum absolute atomic E-state index is 12.4. The molecule has 2 unspecified atom stereocenters. The number of halogens is 2. The van der Waals surface area contributed by atoms with Crippen molar-refractivity contribution in [3.8, 4) is 0 Å². The fraction of sp³-hybridized carbons (Fsp3) is 0.533. The van der Waals surface area contributed by atoms with Crippen LogP contribution in [0.5, 0.6) is 0 Å². The lowest BCUT2D eigenvalue weighted by Crippen LogP contribution is -2.39. The van der Waals surface area contributed by atoms with Crippen LogP contribution in [0.4, 0.5) is 0 Å². The van der Waals surface area contributed by atoms with Crippen LogP contribution in [-0.2, 0) is 11.2 Å². The van der Waals surface area contributed by atoms with Gasteiger partial charge in [0.1, 0.15) is 0 Å². The van der Waals surface area contributed by atoms with Crippen LogP contribution in [0.3, 0.4) is 0 Å². The largest absolute Gasteiger partial charge is 0.341 e. The van der Waals surface area contributed by atoms with Gasteiger partial charge in [-0.15, -0.1) is 0 Å². The molecule has 0 aliphatic carbocycles. The molecule has 2 atom stereocenters. The van der Waals surface area contributed by atoms with E-state index in [1.165, 1.54) is 12.8 Å². The molecule has 2 aliphatic heterocycles. The Bertz CT molecular complexity index is 521. The van der Waals surface area contributed by atoms with Crippen LogP contribution in [0.2, 0.25) is 10.0 Å². The lowest BCUT2D eigenvalue weighted by molar-refractivity contribution is -0.130. The van der Waals surface area contributed by atoms with E-state index in [9.17, 15) is 4.79 Å². The van der Waals surface area contributed by atoms with Crippen molar-refractivity contribution < 1.29 is 4.79 Å². The first-order chi connectivity index (χ1) is 9.61. The van der Waals surface area contributed by atoms with E-state index >= 15 is 0 Å². The van der Waals surface area contributed by atoms with E-state index in [-0.39, 0.29) is 5.91 Å². The van der Waals surface area contributed by atoms with Crippen molar-refractivity contribution in [2.75, 3.05) is 13.1 Å². The number of hydrogen-bond acceptors (Lipinski definition) is 2. The van der Waals surface area contributed by atoms with Gasteiger partial charge in [-0.25, -0.2) is 0 Å². The second-order valence-corrected chi connectivity index (χ2v) is 6.51. The number of likely N-dealkylation sites (tertiary alicyclic amines) is 1. The van der Waals surface area contributed by atoms with Gasteiger partial charge in [0.05, 0.1) is 16.5 Å². The van der Waals surface area contributed by atoms with Crippen molar-refractivity contribution in [2.45, 2.75) is 37.8 Å². The van der Waals surface area contributed by atoms with Gasteiger partial charge in [-0.2, -0.15) is 0 Å². The Kier molecular flexibility index (Phi) is 4.20. The minimum atomic E-state index is 0.178. The Balaban J connectivity index is 1.65. The van der Waals surface area contributed by atoms with E-state index in [0.717, 1.165) is 25.1 Å². The number of hydrogen-bond donors (Lipinski definition) is 1. The first kappa shape index (κ1) is 14.2. The summed E-state index contributed by atoms with van der Waals surface area (Å²) in [6, 6.07) is 6.47. The molecular weight excluding hydrogens is 295 g/mol. The molecule has 1 N–H and O–H groups in total. The Morgan fingerprint density at radius 2 is 2.00 bits per heavy atom. The molecule has 108 valence electrons. The van der Waals surface area contributed by atoms with Crippen molar-refractivity contribution in [1.82, 2.24) is 10.2 Å². The van der Waals surface area contributed by atoms with Gasteiger partial charge in [0.2, 0.25) is 5.91 Å². The molecule has 1 aromatic rings. The second kappa shape index (κ2) is 5.92. The molecular formula is C15H18Cl2N2O. The Morgan fingerprint density at radius 1 is 1.20 bits per heavy atom. The van der Waals surface area contributed by atoms with Crippen molar-refractivity contribution in [2.24, 2.45) is 0 Å². The van der Waals surface area contributed by atoms with E-state index in [1.54, 1.807) is 12.1 Å². The Morgan fingerprint density at radius 3 is 2.80 bits per heavy atom. The summed E-state index contributed by atoms with van der Waals surface area (Å²) in [5, 5.41) is 4.62. The highest BCUT2D eigenvalue weighted by atomic mass is 35.5. The average molecular weight is 313 g/mol. The zero-order valence-electron chi connectivity index (χ0n) is 11.2. The summed E-state index contributed by atoms with van der Waals surface area (Å²) in [6.45, 7) is 1.69. The topological polar surface area (TPSA) is 32.3 Å². The molecule has 0 radical (unpaired) electrons. The normalized spacial score (nSPS) is 25.6. The molecule has 1 aromatic carbocycles. The van der Waals surface area contributed by atoms with Gasteiger partial charge in [0.25, 0.3) is 0 Å². The fourth-order valence-electron chi connectivity index (χ4n) is 3.11. The van der Waals surface area contributed by atoms with E-state index in [1.807, 2.05) is 11.0 Å². The minimum absolute atomic E-state index is 0.178. The quantitative estimate of drug-likeness (QED) is 0.910. The SMILES string of the molecule is O=C(Cc1ccc(Cl)c(Cl)c1)N1CCC2CCC(C1)N2. The smallest absolute Gasteiger partial charge is 0.227 e. The highest BCUT2D eigenvalue weighted by Crippen LogP contribution is 2.24. The van der Waals surface area contributed by atoms with Gasteiger partial charge in [-0.1, -0.05) is 29.3 Å². The van der Waals surface area contributed by atoms with Crippen LogP contribution in [0, 0.1) is 0 Å². The second-order valence-electron chi connectivity index (χ2n) is 5.69. The maximum atomic E-state index is 12.4. The number of nitrogens with one attached hydrogen (secondary N) is 1. The Hall–Kier alpha value is -0.770. The van der Waals surface area contributed by atoms with Gasteiger partial charge in [0.15, 0.2) is 0 Å². The van der Waals surface area contributed by atoms with Gasteiger partial charge in [-0.3, -0.25) is 4.79 Å². The minimum Gasteiger partial charge on any atom is -0.341 e. The molecule has 2 bridgehead atoms. The summed E-state index contributed by atoms with van der Waals surface area (Å²) < 4.78 is 0. The number of carbonyl (C=O) groups excluding carboxylic acids is 1. The molecule has 3 nitrogen and oxygen atoms in total. The molecule has 20 heavy (non-hydrogen) atoms. The predicted octanol–water partition coefficient (Wildman–Crippen LogP) is 2.89. The standard InChI is InChI=1S/C15H18Cl2N2O/c16-13-4-1-10(7-14(13)17)8-15(20)19-6-5-11-2-3-12(9-19)18-11/h1,4,7,11-12,18H,2-3,5-6,8-9H2. The zero-order valence-corrected chi connectivity index (χ0v) is 12.8. The number of nitrogens with zero attached hydrogens (tertiary/aromatic N) is 1.